The maximum absolute atomic E-state index is 9.15. The van der Waals surface area contributed by atoms with Gasteiger partial charge in [-0.2, -0.15) is 0 Å². The van der Waals surface area contributed by atoms with Gasteiger partial charge in [0.05, 0.1) is 6.61 Å². The number of hydrogen-bond donors (Lipinski definition) is 2. The normalized spacial score (nSPS) is 33.9. The van der Waals surface area contributed by atoms with Gasteiger partial charge in [-0.15, -0.1) is 0 Å². The van der Waals surface area contributed by atoms with Crippen LogP contribution in [-0.4, -0.2) is 37.5 Å². The Kier molecular flexibility index (Phi) is 3.57. The Hall–Kier alpha value is -0.120. The molecular formula is C13H25NO2. The number of hydrogen-bond acceptors (Lipinski definition) is 3. The predicted octanol–water partition coefficient (Wildman–Crippen LogP) is 1.55. The molecule has 3 heteroatoms. The van der Waals surface area contributed by atoms with E-state index in [-0.39, 0.29) is 12.0 Å². The van der Waals surface area contributed by atoms with E-state index in [1.54, 1.807) is 0 Å². The van der Waals surface area contributed by atoms with E-state index >= 15 is 0 Å². The summed E-state index contributed by atoms with van der Waals surface area (Å²) in [5.74, 6) is 0. The number of ether oxygens (including phenoxy) is 1. The van der Waals surface area contributed by atoms with Gasteiger partial charge in [0.15, 0.2) is 0 Å². The minimum Gasteiger partial charge on any atom is -0.396 e. The summed E-state index contributed by atoms with van der Waals surface area (Å²) in [5, 5.41) is 12.8. The number of aliphatic hydroxyl groups is 1. The van der Waals surface area contributed by atoms with Crippen LogP contribution < -0.4 is 5.32 Å². The molecule has 3 nitrogen and oxygen atoms in total. The van der Waals surface area contributed by atoms with Crippen molar-refractivity contribution in [2.24, 2.45) is 10.8 Å². The lowest BCUT2D eigenvalue weighted by atomic mass is 9.83. The molecule has 0 aromatic rings. The third-order valence-electron chi connectivity index (χ3n) is 4.69. The molecular weight excluding hydrogens is 202 g/mol. The Labute approximate surface area is 98.6 Å². The van der Waals surface area contributed by atoms with E-state index in [0.717, 1.165) is 32.6 Å². The number of rotatable bonds is 6. The third kappa shape index (κ3) is 2.58. The Morgan fingerprint density at radius 2 is 2.12 bits per heavy atom. The molecule has 94 valence electrons. The first-order valence-corrected chi connectivity index (χ1v) is 6.52. The summed E-state index contributed by atoms with van der Waals surface area (Å²) < 4.78 is 5.50. The molecule has 0 aromatic carbocycles. The maximum Gasteiger partial charge on any atom is 0.0536 e. The highest BCUT2D eigenvalue weighted by Gasteiger charge is 2.43. The first-order chi connectivity index (χ1) is 7.60. The molecule has 2 rings (SSSR count). The largest absolute Gasteiger partial charge is 0.396 e. The average molecular weight is 227 g/mol. The molecule has 0 amide bonds. The molecule has 2 unspecified atom stereocenters. The Morgan fingerprint density at radius 3 is 2.62 bits per heavy atom. The van der Waals surface area contributed by atoms with E-state index in [0.29, 0.717) is 11.5 Å². The van der Waals surface area contributed by atoms with Gasteiger partial charge in [-0.3, -0.25) is 0 Å². The second-order valence-electron chi connectivity index (χ2n) is 6.03. The van der Waals surface area contributed by atoms with Gasteiger partial charge in [-0.05, 0) is 38.0 Å². The van der Waals surface area contributed by atoms with Crippen molar-refractivity contribution in [1.29, 1.82) is 0 Å². The summed E-state index contributed by atoms with van der Waals surface area (Å²) in [5.41, 5.74) is 0.716. The SMILES string of the molecule is CC(NCC1(CCO)CCOC1)C1(C)CC1. The van der Waals surface area contributed by atoms with Crippen LogP contribution in [0.25, 0.3) is 0 Å². The molecule has 1 aliphatic carbocycles. The summed E-state index contributed by atoms with van der Waals surface area (Å²) in [6.45, 7) is 7.57. The zero-order valence-corrected chi connectivity index (χ0v) is 10.6. The predicted molar refractivity (Wildman–Crippen MR) is 64.4 cm³/mol. The number of aliphatic hydroxyl groups excluding tert-OH is 1. The van der Waals surface area contributed by atoms with E-state index in [1.807, 2.05) is 0 Å². The Morgan fingerprint density at radius 1 is 1.38 bits per heavy atom. The van der Waals surface area contributed by atoms with Crippen LogP contribution >= 0.6 is 0 Å². The molecule has 1 saturated carbocycles. The van der Waals surface area contributed by atoms with E-state index in [4.69, 9.17) is 9.84 Å². The van der Waals surface area contributed by atoms with Gasteiger partial charge in [0.1, 0.15) is 0 Å². The van der Waals surface area contributed by atoms with Gasteiger partial charge in [-0.1, -0.05) is 6.92 Å². The van der Waals surface area contributed by atoms with Crippen molar-refractivity contribution in [2.45, 2.75) is 45.6 Å². The summed E-state index contributed by atoms with van der Waals surface area (Å²) in [6, 6.07) is 0.587. The maximum atomic E-state index is 9.15. The first kappa shape index (κ1) is 12.3. The third-order valence-corrected chi connectivity index (χ3v) is 4.69. The molecule has 1 heterocycles. The first-order valence-electron chi connectivity index (χ1n) is 6.52. The van der Waals surface area contributed by atoms with Crippen LogP contribution in [0.3, 0.4) is 0 Å². The highest BCUT2D eigenvalue weighted by atomic mass is 16.5. The summed E-state index contributed by atoms with van der Waals surface area (Å²) in [7, 11) is 0. The fourth-order valence-corrected chi connectivity index (χ4v) is 2.56. The molecule has 2 atom stereocenters. The summed E-state index contributed by atoms with van der Waals surface area (Å²) >= 11 is 0. The van der Waals surface area contributed by atoms with Crippen LogP contribution in [0.2, 0.25) is 0 Å². The molecule has 0 bridgehead atoms. The van der Waals surface area contributed by atoms with E-state index < -0.39 is 0 Å². The number of nitrogens with one attached hydrogen (secondary N) is 1. The highest BCUT2D eigenvalue weighted by molar-refractivity contribution is 4.98. The van der Waals surface area contributed by atoms with Crippen LogP contribution in [0, 0.1) is 10.8 Å². The van der Waals surface area contributed by atoms with Crippen molar-refractivity contribution >= 4 is 0 Å². The molecule has 0 radical (unpaired) electrons. The van der Waals surface area contributed by atoms with Crippen molar-refractivity contribution in [3.63, 3.8) is 0 Å². The summed E-state index contributed by atoms with van der Waals surface area (Å²) in [6.07, 6.45) is 4.66. The molecule has 1 saturated heterocycles. The molecule has 2 fully saturated rings. The van der Waals surface area contributed by atoms with Crippen molar-refractivity contribution in [1.82, 2.24) is 5.32 Å². The standard InChI is InChI=1S/C13H25NO2/c1-11(12(2)3-4-12)14-9-13(5-7-15)6-8-16-10-13/h11,14-15H,3-10H2,1-2H3. The fraction of sp³-hybridized carbons (Fsp3) is 1.00. The Bertz CT molecular complexity index is 232. The fourth-order valence-electron chi connectivity index (χ4n) is 2.56. The van der Waals surface area contributed by atoms with Gasteiger partial charge >= 0.3 is 0 Å². The molecule has 0 aromatic heterocycles. The highest BCUT2D eigenvalue weighted by Crippen LogP contribution is 2.48. The van der Waals surface area contributed by atoms with Crippen LogP contribution in [0.4, 0.5) is 0 Å². The van der Waals surface area contributed by atoms with Gasteiger partial charge in [0.25, 0.3) is 0 Å². The van der Waals surface area contributed by atoms with Gasteiger partial charge < -0.3 is 15.2 Å². The van der Waals surface area contributed by atoms with Gasteiger partial charge in [0, 0.05) is 31.2 Å². The molecule has 0 spiro atoms. The molecule has 16 heavy (non-hydrogen) atoms. The van der Waals surface area contributed by atoms with Crippen LogP contribution in [0.1, 0.15) is 39.5 Å². The monoisotopic (exact) mass is 227 g/mol. The van der Waals surface area contributed by atoms with Gasteiger partial charge in [-0.25, -0.2) is 0 Å². The second-order valence-corrected chi connectivity index (χ2v) is 6.03. The van der Waals surface area contributed by atoms with Crippen LogP contribution in [-0.2, 0) is 4.74 Å². The zero-order valence-electron chi connectivity index (χ0n) is 10.6. The quantitative estimate of drug-likeness (QED) is 0.723. The van der Waals surface area contributed by atoms with Crippen molar-refractivity contribution < 1.29 is 9.84 Å². The Balaban J connectivity index is 1.82. The lowest BCUT2D eigenvalue weighted by molar-refractivity contribution is 0.120. The smallest absolute Gasteiger partial charge is 0.0536 e. The zero-order chi connectivity index (χ0) is 11.6. The van der Waals surface area contributed by atoms with Crippen LogP contribution in [0.15, 0.2) is 0 Å². The molecule has 2 aliphatic rings. The van der Waals surface area contributed by atoms with Crippen LogP contribution in [0.5, 0.6) is 0 Å². The van der Waals surface area contributed by atoms with Gasteiger partial charge in [0.2, 0.25) is 0 Å². The minimum atomic E-state index is 0.189. The molecule has 1 aliphatic heterocycles. The van der Waals surface area contributed by atoms with E-state index in [1.165, 1.54) is 12.8 Å². The van der Waals surface area contributed by atoms with E-state index in [9.17, 15) is 0 Å². The molecule has 2 N–H and O–H groups in total. The average Bonchev–Trinajstić information content (AvgIpc) is 2.85. The second kappa shape index (κ2) is 4.63. The lowest BCUT2D eigenvalue weighted by Gasteiger charge is -2.30. The van der Waals surface area contributed by atoms with Crippen molar-refractivity contribution in [3.05, 3.63) is 0 Å². The topological polar surface area (TPSA) is 41.5 Å². The minimum absolute atomic E-state index is 0.189. The van der Waals surface area contributed by atoms with Crippen molar-refractivity contribution in [2.75, 3.05) is 26.4 Å². The lowest BCUT2D eigenvalue weighted by Crippen LogP contribution is -2.42. The summed E-state index contributed by atoms with van der Waals surface area (Å²) in [4.78, 5) is 0. The van der Waals surface area contributed by atoms with E-state index in [2.05, 4.69) is 19.2 Å². The van der Waals surface area contributed by atoms with Crippen molar-refractivity contribution in [3.8, 4) is 0 Å².